The first-order valence-corrected chi connectivity index (χ1v) is 3.99. The van der Waals surface area contributed by atoms with E-state index in [2.05, 4.69) is 39.8 Å². The first-order valence-electron chi connectivity index (χ1n) is 3.99. The van der Waals surface area contributed by atoms with E-state index in [4.69, 9.17) is 0 Å². The molecule has 0 aromatic carbocycles. The standard InChI is InChI=1S/C10H17/c1-9(2)6-5-7-10(3,4)8-9/h6H,7-8H2,1-4H3. The smallest absolute Gasteiger partial charge is 0.0164 e. The molecule has 0 spiro atoms. The summed E-state index contributed by atoms with van der Waals surface area (Å²) in [6, 6.07) is 0. The Balaban J connectivity index is 2.73. The molecule has 1 radical (unpaired) electrons. The van der Waals surface area contributed by atoms with Crippen molar-refractivity contribution in [2.75, 3.05) is 0 Å². The van der Waals surface area contributed by atoms with E-state index < -0.39 is 0 Å². The zero-order chi connectivity index (χ0) is 7.83. The molecule has 0 bridgehead atoms. The van der Waals surface area contributed by atoms with Gasteiger partial charge < -0.3 is 0 Å². The second-order valence-electron chi connectivity index (χ2n) is 4.85. The quantitative estimate of drug-likeness (QED) is 0.481. The predicted octanol–water partition coefficient (Wildman–Crippen LogP) is 3.19. The molecule has 0 aromatic rings. The van der Waals surface area contributed by atoms with Crippen molar-refractivity contribution in [2.45, 2.75) is 40.5 Å². The van der Waals surface area contributed by atoms with Crippen LogP contribution in [0.15, 0.2) is 6.08 Å². The van der Waals surface area contributed by atoms with Gasteiger partial charge in [0, 0.05) is 0 Å². The molecule has 0 heteroatoms. The molecule has 1 aliphatic rings. The summed E-state index contributed by atoms with van der Waals surface area (Å²) in [5.41, 5.74) is 0.847. The minimum absolute atomic E-state index is 0.377. The Labute approximate surface area is 64.3 Å². The average Bonchev–Trinajstić information content (AvgIpc) is 1.56. The van der Waals surface area contributed by atoms with Crippen LogP contribution < -0.4 is 0 Å². The van der Waals surface area contributed by atoms with Gasteiger partial charge in [0.15, 0.2) is 0 Å². The highest BCUT2D eigenvalue weighted by Crippen LogP contribution is 2.40. The molecule has 0 saturated carbocycles. The maximum Gasteiger partial charge on any atom is -0.0164 e. The summed E-state index contributed by atoms with van der Waals surface area (Å²) in [4.78, 5) is 0. The molecule has 0 N–H and O–H groups in total. The molecule has 1 aliphatic carbocycles. The van der Waals surface area contributed by atoms with E-state index in [1.54, 1.807) is 0 Å². The normalized spacial score (nSPS) is 28.4. The van der Waals surface area contributed by atoms with Crippen LogP contribution in [0.4, 0.5) is 0 Å². The first-order chi connectivity index (χ1) is 4.41. The maximum absolute atomic E-state index is 3.34. The van der Waals surface area contributed by atoms with Crippen LogP contribution in [-0.4, -0.2) is 0 Å². The third-order valence-corrected chi connectivity index (χ3v) is 2.01. The van der Waals surface area contributed by atoms with Gasteiger partial charge in [-0.3, -0.25) is 0 Å². The van der Waals surface area contributed by atoms with Crippen LogP contribution in [0.5, 0.6) is 0 Å². The van der Waals surface area contributed by atoms with Crippen molar-refractivity contribution >= 4 is 0 Å². The Morgan fingerprint density at radius 2 is 1.80 bits per heavy atom. The highest BCUT2D eigenvalue weighted by molar-refractivity contribution is 5.00. The summed E-state index contributed by atoms with van der Waals surface area (Å²) in [7, 11) is 0. The Morgan fingerprint density at radius 1 is 1.20 bits per heavy atom. The highest BCUT2D eigenvalue weighted by atomic mass is 14.3. The molecule has 0 fully saturated rings. The average molecular weight is 137 g/mol. The molecule has 10 heavy (non-hydrogen) atoms. The largest absolute Gasteiger partial charge is 0.0753 e. The van der Waals surface area contributed by atoms with Crippen molar-refractivity contribution in [2.24, 2.45) is 10.8 Å². The van der Waals surface area contributed by atoms with Gasteiger partial charge in [0.25, 0.3) is 0 Å². The van der Waals surface area contributed by atoms with Gasteiger partial charge >= 0.3 is 0 Å². The SMILES string of the molecule is CC1(C)C=[C]CC(C)(C)C1. The van der Waals surface area contributed by atoms with E-state index in [-0.39, 0.29) is 0 Å². The number of hydrogen-bond acceptors (Lipinski definition) is 0. The van der Waals surface area contributed by atoms with Crippen LogP contribution in [0.1, 0.15) is 40.5 Å². The molecular formula is C10H17. The lowest BCUT2D eigenvalue weighted by atomic mass is 9.69. The van der Waals surface area contributed by atoms with Crippen molar-refractivity contribution in [1.29, 1.82) is 0 Å². The summed E-state index contributed by atoms with van der Waals surface area (Å²) in [5.74, 6) is 0. The van der Waals surface area contributed by atoms with Gasteiger partial charge in [-0.2, -0.15) is 0 Å². The van der Waals surface area contributed by atoms with Crippen LogP contribution in [0.3, 0.4) is 0 Å². The molecule has 0 heterocycles. The second-order valence-corrected chi connectivity index (χ2v) is 4.85. The van der Waals surface area contributed by atoms with Gasteiger partial charge in [-0.25, -0.2) is 0 Å². The first kappa shape index (κ1) is 7.84. The van der Waals surface area contributed by atoms with Crippen LogP contribution in [-0.2, 0) is 0 Å². The molecular weight excluding hydrogens is 120 g/mol. The highest BCUT2D eigenvalue weighted by Gasteiger charge is 2.29. The van der Waals surface area contributed by atoms with Crippen LogP contribution in [0.25, 0.3) is 0 Å². The maximum atomic E-state index is 3.34. The van der Waals surface area contributed by atoms with E-state index in [9.17, 15) is 0 Å². The predicted molar refractivity (Wildman–Crippen MR) is 44.6 cm³/mol. The monoisotopic (exact) mass is 137 g/mol. The lowest BCUT2D eigenvalue weighted by Gasteiger charge is -2.35. The number of rotatable bonds is 0. The fourth-order valence-corrected chi connectivity index (χ4v) is 1.95. The van der Waals surface area contributed by atoms with E-state index in [1.807, 2.05) is 0 Å². The van der Waals surface area contributed by atoms with Crippen molar-refractivity contribution in [1.82, 2.24) is 0 Å². The second kappa shape index (κ2) is 2.11. The summed E-state index contributed by atoms with van der Waals surface area (Å²) in [6.07, 6.45) is 7.97. The number of hydrogen-bond donors (Lipinski definition) is 0. The Hall–Kier alpha value is -0.260. The van der Waals surface area contributed by atoms with E-state index in [1.165, 1.54) is 6.42 Å². The van der Waals surface area contributed by atoms with Crippen molar-refractivity contribution in [3.8, 4) is 0 Å². The van der Waals surface area contributed by atoms with Crippen LogP contribution in [0, 0.1) is 16.9 Å². The summed E-state index contributed by atoms with van der Waals surface area (Å²) in [6.45, 7) is 9.19. The summed E-state index contributed by atoms with van der Waals surface area (Å²) < 4.78 is 0. The van der Waals surface area contributed by atoms with Gasteiger partial charge in [-0.05, 0) is 29.7 Å². The minimum Gasteiger partial charge on any atom is -0.0753 e. The lowest BCUT2D eigenvalue weighted by Crippen LogP contribution is -2.24. The molecule has 0 saturated heterocycles. The Bertz CT molecular complexity index is 149. The molecule has 1 rings (SSSR count). The lowest BCUT2D eigenvalue weighted by molar-refractivity contribution is 0.218. The van der Waals surface area contributed by atoms with Gasteiger partial charge in [-0.1, -0.05) is 33.8 Å². The topological polar surface area (TPSA) is 0 Å². The van der Waals surface area contributed by atoms with Crippen molar-refractivity contribution in [3.63, 3.8) is 0 Å². The molecule has 0 amide bonds. The number of allylic oxidation sites excluding steroid dienone is 2. The van der Waals surface area contributed by atoms with Gasteiger partial charge in [0.1, 0.15) is 0 Å². The molecule has 0 atom stereocenters. The van der Waals surface area contributed by atoms with Crippen molar-refractivity contribution < 1.29 is 0 Å². The molecule has 0 aliphatic heterocycles. The fraction of sp³-hybridized carbons (Fsp3) is 0.800. The van der Waals surface area contributed by atoms with Crippen LogP contribution >= 0.6 is 0 Å². The van der Waals surface area contributed by atoms with Gasteiger partial charge in [0.2, 0.25) is 0 Å². The van der Waals surface area contributed by atoms with E-state index in [0.717, 1.165) is 6.42 Å². The zero-order valence-electron chi connectivity index (χ0n) is 7.49. The Morgan fingerprint density at radius 3 is 2.10 bits per heavy atom. The molecule has 0 aromatic heterocycles. The molecule has 0 unspecified atom stereocenters. The fourth-order valence-electron chi connectivity index (χ4n) is 1.95. The minimum atomic E-state index is 0.377. The van der Waals surface area contributed by atoms with Crippen molar-refractivity contribution in [3.05, 3.63) is 12.2 Å². The zero-order valence-corrected chi connectivity index (χ0v) is 7.49. The van der Waals surface area contributed by atoms with Crippen LogP contribution in [0.2, 0.25) is 0 Å². The van der Waals surface area contributed by atoms with E-state index >= 15 is 0 Å². The third kappa shape index (κ3) is 1.86. The summed E-state index contributed by atoms with van der Waals surface area (Å²) in [5, 5.41) is 0. The van der Waals surface area contributed by atoms with Gasteiger partial charge in [-0.15, -0.1) is 0 Å². The third-order valence-electron chi connectivity index (χ3n) is 2.01. The Kier molecular flexibility index (Phi) is 1.66. The molecule has 57 valence electrons. The van der Waals surface area contributed by atoms with E-state index in [0.29, 0.717) is 10.8 Å². The summed E-state index contributed by atoms with van der Waals surface area (Å²) >= 11 is 0. The molecule has 0 nitrogen and oxygen atoms in total. The van der Waals surface area contributed by atoms with Gasteiger partial charge in [0.05, 0.1) is 0 Å².